The van der Waals surface area contributed by atoms with Crippen LogP contribution in [0.15, 0.2) is 18.3 Å². The molecular weight excluding hydrogens is 303 g/mol. The Morgan fingerprint density at radius 2 is 2.10 bits per heavy atom. The quantitative estimate of drug-likeness (QED) is 0.796. The number of rotatable bonds is 2. The fraction of sp³-hybridized carbons (Fsp3) is 0.0833. The van der Waals surface area contributed by atoms with Crippen molar-refractivity contribution in [1.29, 1.82) is 0 Å². The van der Waals surface area contributed by atoms with E-state index >= 15 is 0 Å². The van der Waals surface area contributed by atoms with Crippen LogP contribution >= 0.6 is 23.2 Å². The molecule has 1 aliphatic rings. The van der Waals surface area contributed by atoms with Gasteiger partial charge in [0.2, 0.25) is 5.91 Å². The molecule has 0 saturated carbocycles. The van der Waals surface area contributed by atoms with E-state index in [0.717, 1.165) is 5.56 Å². The van der Waals surface area contributed by atoms with Gasteiger partial charge in [0.15, 0.2) is 0 Å². The first-order valence-corrected chi connectivity index (χ1v) is 6.42. The molecule has 8 heteroatoms. The molecule has 0 radical (unpaired) electrons. The Hall–Kier alpha value is -2.05. The Labute approximate surface area is 123 Å². The first-order chi connectivity index (χ1) is 9.54. The zero-order valence-corrected chi connectivity index (χ0v) is 11.5. The van der Waals surface area contributed by atoms with Crippen LogP contribution in [0.2, 0.25) is 10.0 Å². The highest BCUT2D eigenvalue weighted by molar-refractivity contribution is 6.36. The van der Waals surface area contributed by atoms with E-state index in [2.05, 4.69) is 20.8 Å². The Bertz CT molecular complexity index is 726. The van der Waals surface area contributed by atoms with Gasteiger partial charge in [0.05, 0.1) is 23.2 Å². The van der Waals surface area contributed by atoms with Gasteiger partial charge in [-0.05, 0) is 17.7 Å². The molecule has 0 atom stereocenters. The normalized spacial score (nSPS) is 13.0. The van der Waals surface area contributed by atoms with Crippen molar-refractivity contribution in [2.24, 2.45) is 0 Å². The van der Waals surface area contributed by atoms with Gasteiger partial charge in [-0.25, -0.2) is 0 Å². The van der Waals surface area contributed by atoms with Crippen molar-refractivity contribution in [1.82, 2.24) is 10.2 Å². The number of benzene rings is 1. The summed E-state index contributed by atoms with van der Waals surface area (Å²) in [5, 5.41) is 12.0. The van der Waals surface area contributed by atoms with E-state index < -0.39 is 5.91 Å². The second kappa shape index (κ2) is 4.81. The van der Waals surface area contributed by atoms with Gasteiger partial charge in [-0.3, -0.25) is 14.7 Å². The minimum absolute atomic E-state index is 0.120. The maximum atomic E-state index is 12.2. The summed E-state index contributed by atoms with van der Waals surface area (Å²) in [5.74, 6) is -0.254. The molecule has 0 spiro atoms. The van der Waals surface area contributed by atoms with Gasteiger partial charge >= 0.3 is 0 Å². The van der Waals surface area contributed by atoms with Gasteiger partial charge in [-0.1, -0.05) is 23.2 Å². The van der Waals surface area contributed by atoms with Crippen molar-refractivity contribution in [2.45, 2.75) is 6.42 Å². The number of aromatic nitrogens is 2. The van der Waals surface area contributed by atoms with Crippen molar-refractivity contribution in [3.63, 3.8) is 0 Å². The summed E-state index contributed by atoms with van der Waals surface area (Å²) < 4.78 is 0. The number of fused-ring (bicyclic) bond motifs is 1. The maximum absolute atomic E-state index is 12.2. The molecule has 2 aromatic rings. The lowest BCUT2D eigenvalue weighted by Gasteiger charge is -2.07. The molecule has 0 bridgehead atoms. The smallest absolute Gasteiger partial charge is 0.258 e. The standard InChI is InChI=1S/C12H8Cl2N4O2/c13-7-3-9-5(2-10(19)16-9)1-6(7)12(20)17-11-8(14)4-15-18-11/h1,3-4H,2H2,(H,16,19)(H2,15,17,18,20). The molecule has 0 saturated heterocycles. The highest BCUT2D eigenvalue weighted by atomic mass is 35.5. The maximum Gasteiger partial charge on any atom is 0.258 e. The van der Waals surface area contributed by atoms with Crippen LogP contribution < -0.4 is 10.6 Å². The van der Waals surface area contributed by atoms with Crippen LogP contribution in [0, 0.1) is 0 Å². The summed E-state index contributed by atoms with van der Waals surface area (Å²) in [7, 11) is 0. The van der Waals surface area contributed by atoms with Gasteiger partial charge in [0.1, 0.15) is 10.8 Å². The zero-order valence-electron chi connectivity index (χ0n) is 9.96. The molecule has 1 aliphatic heterocycles. The molecule has 0 unspecified atom stereocenters. The third-order valence-corrected chi connectivity index (χ3v) is 3.49. The van der Waals surface area contributed by atoms with E-state index in [9.17, 15) is 9.59 Å². The Kier molecular flexibility index (Phi) is 3.11. The molecular formula is C12H8Cl2N4O2. The fourth-order valence-corrected chi connectivity index (χ4v) is 2.35. The van der Waals surface area contributed by atoms with Crippen molar-refractivity contribution in [3.05, 3.63) is 39.5 Å². The monoisotopic (exact) mass is 310 g/mol. The second-order valence-corrected chi connectivity index (χ2v) is 5.08. The first kappa shape index (κ1) is 13.0. The summed E-state index contributed by atoms with van der Waals surface area (Å²) >= 11 is 11.9. The molecule has 0 fully saturated rings. The van der Waals surface area contributed by atoms with Crippen molar-refractivity contribution in [2.75, 3.05) is 10.6 Å². The summed E-state index contributed by atoms with van der Waals surface area (Å²) in [6.07, 6.45) is 1.61. The lowest BCUT2D eigenvalue weighted by molar-refractivity contribution is -0.115. The molecule has 2 amide bonds. The second-order valence-electron chi connectivity index (χ2n) is 4.26. The van der Waals surface area contributed by atoms with E-state index in [1.165, 1.54) is 6.20 Å². The van der Waals surface area contributed by atoms with Crippen molar-refractivity contribution < 1.29 is 9.59 Å². The molecule has 102 valence electrons. The van der Waals surface area contributed by atoms with Crippen LogP contribution in [0.4, 0.5) is 11.5 Å². The molecule has 0 aliphatic carbocycles. The highest BCUT2D eigenvalue weighted by Crippen LogP contribution is 2.30. The largest absolute Gasteiger partial charge is 0.325 e. The van der Waals surface area contributed by atoms with Crippen LogP contribution in [0.25, 0.3) is 0 Å². The number of nitrogens with zero attached hydrogens (tertiary/aromatic N) is 1. The van der Waals surface area contributed by atoms with Gasteiger partial charge in [0, 0.05) is 5.69 Å². The summed E-state index contributed by atoms with van der Waals surface area (Å²) in [4.78, 5) is 23.5. The average molecular weight is 311 g/mol. The number of amides is 2. The van der Waals surface area contributed by atoms with Crippen molar-refractivity contribution >= 4 is 46.5 Å². The minimum Gasteiger partial charge on any atom is -0.325 e. The Morgan fingerprint density at radius 1 is 1.30 bits per heavy atom. The highest BCUT2D eigenvalue weighted by Gasteiger charge is 2.22. The number of halogens is 2. The van der Waals surface area contributed by atoms with E-state index in [1.54, 1.807) is 12.1 Å². The third-order valence-electron chi connectivity index (χ3n) is 2.89. The van der Waals surface area contributed by atoms with E-state index in [4.69, 9.17) is 23.2 Å². The van der Waals surface area contributed by atoms with Crippen LogP contribution in [-0.4, -0.2) is 22.0 Å². The van der Waals surface area contributed by atoms with Crippen LogP contribution in [0.3, 0.4) is 0 Å². The Morgan fingerprint density at radius 3 is 2.80 bits per heavy atom. The average Bonchev–Trinajstić information content (AvgIpc) is 2.93. The number of nitrogens with one attached hydrogen (secondary N) is 3. The molecule has 3 N–H and O–H groups in total. The summed E-state index contributed by atoms with van der Waals surface area (Å²) in [5.41, 5.74) is 1.64. The summed E-state index contributed by atoms with van der Waals surface area (Å²) in [6.45, 7) is 0. The number of hydrogen-bond donors (Lipinski definition) is 3. The van der Waals surface area contributed by atoms with E-state index in [0.29, 0.717) is 16.5 Å². The Balaban J connectivity index is 1.91. The number of carbonyl (C=O) groups excluding carboxylic acids is 2. The fourth-order valence-electron chi connectivity index (χ4n) is 1.96. The number of anilines is 2. The van der Waals surface area contributed by atoms with Crippen LogP contribution in [-0.2, 0) is 11.2 Å². The number of H-pyrrole nitrogens is 1. The number of aromatic amines is 1. The van der Waals surface area contributed by atoms with Crippen molar-refractivity contribution in [3.8, 4) is 0 Å². The lowest BCUT2D eigenvalue weighted by Crippen LogP contribution is -2.13. The minimum atomic E-state index is -0.428. The van der Waals surface area contributed by atoms with Gasteiger partial charge in [0.25, 0.3) is 5.91 Å². The molecule has 2 heterocycles. The molecule has 3 rings (SSSR count). The molecule has 20 heavy (non-hydrogen) atoms. The van der Waals surface area contributed by atoms with E-state index in [-0.39, 0.29) is 22.9 Å². The predicted octanol–water partition coefficient (Wildman–Crippen LogP) is 2.46. The first-order valence-electron chi connectivity index (χ1n) is 5.67. The number of hydrogen-bond acceptors (Lipinski definition) is 3. The SMILES string of the molecule is O=C1Cc2cc(C(=O)Nc3[nH]ncc3Cl)c(Cl)cc2N1. The van der Waals surface area contributed by atoms with Crippen LogP contribution in [0.5, 0.6) is 0 Å². The molecule has 1 aromatic carbocycles. The zero-order chi connectivity index (χ0) is 14.3. The predicted molar refractivity (Wildman–Crippen MR) is 75.3 cm³/mol. The third kappa shape index (κ3) is 2.23. The van der Waals surface area contributed by atoms with Gasteiger partial charge < -0.3 is 10.6 Å². The summed E-state index contributed by atoms with van der Waals surface area (Å²) in [6, 6.07) is 3.15. The van der Waals surface area contributed by atoms with Gasteiger partial charge in [-0.2, -0.15) is 5.10 Å². The molecule has 1 aromatic heterocycles. The van der Waals surface area contributed by atoms with Crippen LogP contribution in [0.1, 0.15) is 15.9 Å². The van der Waals surface area contributed by atoms with E-state index in [1.807, 2.05) is 0 Å². The topological polar surface area (TPSA) is 86.9 Å². The van der Waals surface area contributed by atoms with Gasteiger partial charge in [-0.15, -0.1) is 0 Å². The lowest BCUT2D eigenvalue weighted by atomic mass is 10.1. The number of carbonyl (C=O) groups is 2. The molecule has 6 nitrogen and oxygen atoms in total.